The monoisotopic (exact) mass is 499 g/mol. The van der Waals surface area contributed by atoms with Crippen LogP contribution in [0.25, 0.3) is 0 Å². The van der Waals surface area contributed by atoms with Gasteiger partial charge in [0.05, 0.1) is 17.5 Å². The van der Waals surface area contributed by atoms with Crippen molar-refractivity contribution < 1.29 is 22.7 Å². The van der Waals surface area contributed by atoms with Crippen molar-refractivity contribution in [2.45, 2.75) is 37.6 Å². The quantitative estimate of drug-likeness (QED) is 0.630. The Morgan fingerprint density at radius 2 is 1.66 bits per heavy atom. The number of amides is 1. The van der Waals surface area contributed by atoms with E-state index in [1.165, 1.54) is 4.31 Å². The van der Waals surface area contributed by atoms with E-state index in [0.29, 0.717) is 50.8 Å². The zero-order valence-corrected chi connectivity index (χ0v) is 21.2. The number of fused-ring (bicyclic) bond motifs is 1. The number of hydrogen-bond donors (Lipinski definition) is 0. The highest BCUT2D eigenvalue weighted by Gasteiger charge is 2.34. The lowest BCUT2D eigenvalue weighted by molar-refractivity contribution is -0.133. The highest BCUT2D eigenvalue weighted by Crippen LogP contribution is 2.38. The maximum atomic E-state index is 13.3. The minimum absolute atomic E-state index is 0.0322. The molecule has 188 valence electrons. The number of likely N-dealkylation sites (tertiary alicyclic amines) is 1. The maximum absolute atomic E-state index is 13.3. The van der Waals surface area contributed by atoms with Crippen LogP contribution in [-0.2, 0) is 14.8 Å². The van der Waals surface area contributed by atoms with Crippen LogP contribution in [0.4, 0.5) is 0 Å². The van der Waals surface area contributed by atoms with E-state index in [-0.39, 0.29) is 11.9 Å². The Balaban J connectivity index is 1.20. The van der Waals surface area contributed by atoms with E-state index in [9.17, 15) is 13.2 Å². The van der Waals surface area contributed by atoms with E-state index in [4.69, 9.17) is 9.47 Å². The Labute approximate surface area is 207 Å². The van der Waals surface area contributed by atoms with Gasteiger partial charge in [-0.3, -0.25) is 9.69 Å². The summed E-state index contributed by atoms with van der Waals surface area (Å²) in [5.74, 6) is 1.59. The Hall–Kier alpha value is -2.62. The van der Waals surface area contributed by atoms with Gasteiger partial charge in [-0.15, -0.1) is 0 Å². The van der Waals surface area contributed by atoms with Crippen LogP contribution in [0.3, 0.4) is 0 Å². The summed E-state index contributed by atoms with van der Waals surface area (Å²) < 4.78 is 39.1. The third-order valence-electron chi connectivity index (χ3n) is 7.33. The summed E-state index contributed by atoms with van der Waals surface area (Å²) in [6, 6.07) is 11.3. The van der Waals surface area contributed by atoms with Crippen LogP contribution >= 0.6 is 0 Å². The molecule has 3 aliphatic rings. The number of carbonyl (C=O) groups is 1. The van der Waals surface area contributed by atoms with Gasteiger partial charge in [0.1, 0.15) is 13.2 Å². The van der Waals surface area contributed by atoms with Crippen LogP contribution < -0.4 is 9.47 Å². The SMILES string of the molecule is Cc1ccc(S(=O)(=O)N2CCN(CC(=O)N3CCC[C@@H]3c3ccc4c(c3)OCCO4)CC2)cc1C. The van der Waals surface area contributed by atoms with Crippen LogP contribution in [0.2, 0.25) is 0 Å². The van der Waals surface area contributed by atoms with Crippen molar-refractivity contribution in [1.82, 2.24) is 14.1 Å². The first-order chi connectivity index (χ1) is 16.8. The van der Waals surface area contributed by atoms with Gasteiger partial charge in [0.2, 0.25) is 15.9 Å². The summed E-state index contributed by atoms with van der Waals surface area (Å²) in [5, 5.41) is 0. The number of benzene rings is 2. The summed E-state index contributed by atoms with van der Waals surface area (Å²) >= 11 is 0. The number of ether oxygens (including phenoxy) is 2. The molecule has 5 rings (SSSR count). The zero-order chi connectivity index (χ0) is 24.6. The van der Waals surface area contributed by atoms with Crippen molar-refractivity contribution in [3.63, 3.8) is 0 Å². The first-order valence-electron chi connectivity index (χ1n) is 12.3. The molecule has 0 aromatic heterocycles. The molecule has 0 unspecified atom stereocenters. The average molecular weight is 500 g/mol. The molecule has 0 bridgehead atoms. The maximum Gasteiger partial charge on any atom is 0.243 e. The molecule has 2 saturated heterocycles. The van der Waals surface area contributed by atoms with Crippen molar-refractivity contribution in [3.8, 4) is 11.5 Å². The predicted octanol–water partition coefficient (Wildman–Crippen LogP) is 2.74. The predicted molar refractivity (Wildman–Crippen MR) is 132 cm³/mol. The van der Waals surface area contributed by atoms with Gasteiger partial charge in [-0.05, 0) is 67.6 Å². The molecule has 3 heterocycles. The number of hydrogen-bond acceptors (Lipinski definition) is 6. The summed E-state index contributed by atoms with van der Waals surface area (Å²) in [6.07, 6.45) is 1.89. The minimum Gasteiger partial charge on any atom is -0.486 e. The summed E-state index contributed by atoms with van der Waals surface area (Å²) in [4.78, 5) is 17.6. The van der Waals surface area contributed by atoms with Gasteiger partial charge in [-0.25, -0.2) is 8.42 Å². The molecule has 0 aliphatic carbocycles. The number of carbonyl (C=O) groups excluding carboxylic acids is 1. The Bertz CT molecular complexity index is 1210. The number of nitrogens with zero attached hydrogens (tertiary/aromatic N) is 3. The normalized spacial score (nSPS) is 21.3. The van der Waals surface area contributed by atoms with Crippen LogP contribution in [-0.4, -0.2) is 80.9 Å². The largest absolute Gasteiger partial charge is 0.486 e. The first-order valence-corrected chi connectivity index (χ1v) is 13.8. The molecule has 9 heteroatoms. The van der Waals surface area contributed by atoms with Crippen LogP contribution in [0.15, 0.2) is 41.3 Å². The Morgan fingerprint density at radius 3 is 2.40 bits per heavy atom. The lowest BCUT2D eigenvalue weighted by atomic mass is 10.0. The fraction of sp³-hybridized carbons (Fsp3) is 0.500. The van der Waals surface area contributed by atoms with E-state index < -0.39 is 10.0 Å². The molecule has 0 N–H and O–H groups in total. The minimum atomic E-state index is -3.53. The van der Waals surface area contributed by atoms with E-state index in [2.05, 4.69) is 4.90 Å². The second-order valence-electron chi connectivity index (χ2n) is 9.57. The van der Waals surface area contributed by atoms with Gasteiger partial charge in [0.15, 0.2) is 11.5 Å². The Morgan fingerprint density at radius 1 is 0.914 bits per heavy atom. The molecule has 2 fully saturated rings. The van der Waals surface area contributed by atoms with Gasteiger partial charge >= 0.3 is 0 Å². The second kappa shape index (κ2) is 9.79. The number of aryl methyl sites for hydroxylation is 2. The van der Waals surface area contributed by atoms with Gasteiger partial charge in [-0.2, -0.15) is 4.31 Å². The molecule has 0 radical (unpaired) electrons. The standard InChI is InChI=1S/C26H33N3O5S/c1-19-5-7-22(16-20(19)2)35(31,32)28-12-10-27(11-13-28)18-26(30)29-9-3-4-23(29)21-6-8-24-25(17-21)34-15-14-33-24/h5-8,16-17,23H,3-4,9-15,18H2,1-2H3/t23-/m1/s1. The van der Waals surface area contributed by atoms with Crippen molar-refractivity contribution in [3.05, 3.63) is 53.1 Å². The zero-order valence-electron chi connectivity index (χ0n) is 20.4. The highest BCUT2D eigenvalue weighted by atomic mass is 32.2. The summed E-state index contributed by atoms with van der Waals surface area (Å²) in [5.41, 5.74) is 3.11. The van der Waals surface area contributed by atoms with Gasteiger partial charge < -0.3 is 14.4 Å². The van der Waals surface area contributed by atoms with Gasteiger partial charge in [0.25, 0.3) is 0 Å². The molecular formula is C26H33N3O5S. The molecule has 8 nitrogen and oxygen atoms in total. The van der Waals surface area contributed by atoms with E-state index in [0.717, 1.165) is 47.6 Å². The molecule has 2 aromatic carbocycles. The fourth-order valence-electron chi connectivity index (χ4n) is 5.11. The third-order valence-corrected chi connectivity index (χ3v) is 9.23. The summed E-state index contributed by atoms with van der Waals surface area (Å²) in [6.45, 7) is 7.87. The number of piperazine rings is 1. The topological polar surface area (TPSA) is 79.4 Å². The number of sulfonamides is 1. The Kier molecular flexibility index (Phi) is 6.74. The van der Waals surface area contributed by atoms with Crippen LogP contribution in [0.1, 0.15) is 35.6 Å². The molecule has 2 aromatic rings. The average Bonchev–Trinajstić information content (AvgIpc) is 3.36. The molecule has 0 saturated carbocycles. The van der Waals surface area contributed by atoms with Gasteiger partial charge in [-0.1, -0.05) is 12.1 Å². The fourth-order valence-corrected chi connectivity index (χ4v) is 6.62. The van der Waals surface area contributed by atoms with Gasteiger partial charge in [0, 0.05) is 32.7 Å². The van der Waals surface area contributed by atoms with Crippen molar-refractivity contribution >= 4 is 15.9 Å². The molecule has 35 heavy (non-hydrogen) atoms. The molecule has 0 spiro atoms. The lowest BCUT2D eigenvalue weighted by Gasteiger charge is -2.35. The lowest BCUT2D eigenvalue weighted by Crippen LogP contribution is -2.51. The van der Waals surface area contributed by atoms with E-state index in [1.807, 2.05) is 43.0 Å². The van der Waals surface area contributed by atoms with E-state index in [1.54, 1.807) is 12.1 Å². The highest BCUT2D eigenvalue weighted by molar-refractivity contribution is 7.89. The van der Waals surface area contributed by atoms with Crippen LogP contribution in [0.5, 0.6) is 11.5 Å². The summed E-state index contributed by atoms with van der Waals surface area (Å²) in [7, 11) is -3.53. The molecular weight excluding hydrogens is 466 g/mol. The number of rotatable bonds is 5. The first kappa shape index (κ1) is 24.1. The molecule has 1 atom stereocenters. The van der Waals surface area contributed by atoms with Crippen molar-refractivity contribution in [1.29, 1.82) is 0 Å². The third kappa shape index (κ3) is 4.90. The molecule has 3 aliphatic heterocycles. The molecule has 1 amide bonds. The second-order valence-corrected chi connectivity index (χ2v) is 11.5. The van der Waals surface area contributed by atoms with Crippen molar-refractivity contribution in [2.24, 2.45) is 0 Å². The van der Waals surface area contributed by atoms with Crippen LogP contribution in [0, 0.1) is 13.8 Å². The van der Waals surface area contributed by atoms with E-state index >= 15 is 0 Å². The van der Waals surface area contributed by atoms with Crippen molar-refractivity contribution in [2.75, 3.05) is 52.5 Å². The smallest absolute Gasteiger partial charge is 0.243 e.